The van der Waals surface area contributed by atoms with Crippen molar-refractivity contribution in [1.82, 2.24) is 10.2 Å². The Morgan fingerprint density at radius 1 is 1.04 bits per heavy atom. The Balaban J connectivity index is 2.33. The molecule has 2 rings (SSSR count). The lowest BCUT2D eigenvalue weighted by atomic mass is 10.0. The zero-order valence-electron chi connectivity index (χ0n) is 15.2. The monoisotopic (exact) mass is 416 g/mol. The Morgan fingerprint density at radius 2 is 1.73 bits per heavy atom. The zero-order valence-corrected chi connectivity index (χ0v) is 16.8. The molecule has 0 heterocycles. The quantitative estimate of drug-likeness (QED) is 0.708. The molecule has 0 unspecified atom stereocenters. The van der Waals surface area contributed by atoms with E-state index in [9.17, 15) is 9.59 Å². The van der Waals surface area contributed by atoms with Gasteiger partial charge in [-0.05, 0) is 30.2 Å². The van der Waals surface area contributed by atoms with Crippen LogP contribution >= 0.6 is 15.9 Å². The molecule has 5 heteroatoms. The molecule has 1 atom stereocenters. The maximum absolute atomic E-state index is 12.8. The molecule has 0 saturated heterocycles. The highest BCUT2D eigenvalue weighted by Crippen LogP contribution is 2.18. The van der Waals surface area contributed by atoms with Crippen molar-refractivity contribution in [1.29, 1.82) is 0 Å². The fourth-order valence-corrected chi connectivity index (χ4v) is 3.33. The van der Waals surface area contributed by atoms with E-state index in [0.717, 1.165) is 15.6 Å². The molecule has 0 aliphatic rings. The molecule has 2 aromatic carbocycles. The van der Waals surface area contributed by atoms with Gasteiger partial charge in [-0.1, -0.05) is 65.3 Å². The number of halogens is 1. The molecule has 0 aliphatic carbocycles. The molecule has 26 heavy (non-hydrogen) atoms. The average Bonchev–Trinajstić information content (AvgIpc) is 2.65. The van der Waals surface area contributed by atoms with Gasteiger partial charge in [-0.25, -0.2) is 0 Å². The van der Waals surface area contributed by atoms with Crippen molar-refractivity contribution in [2.24, 2.45) is 0 Å². The van der Waals surface area contributed by atoms with Crippen LogP contribution in [0.25, 0.3) is 0 Å². The van der Waals surface area contributed by atoms with E-state index in [1.54, 1.807) is 4.90 Å². The second-order valence-corrected chi connectivity index (χ2v) is 7.02. The van der Waals surface area contributed by atoms with Gasteiger partial charge in [0, 0.05) is 30.4 Å². The van der Waals surface area contributed by atoms with E-state index < -0.39 is 6.04 Å². The van der Waals surface area contributed by atoms with Crippen LogP contribution in [-0.4, -0.2) is 29.3 Å². The highest BCUT2D eigenvalue weighted by molar-refractivity contribution is 9.10. The number of carbonyl (C=O) groups excluding carboxylic acids is 2. The Bertz CT molecular complexity index is 734. The van der Waals surface area contributed by atoms with E-state index >= 15 is 0 Å². The van der Waals surface area contributed by atoms with Gasteiger partial charge >= 0.3 is 0 Å². The standard InChI is InChI=1S/C21H25BrN2O2/c1-3-20(25)24(15-17-11-8-12-18(22)13-17)19(21(26)23-4-2)14-16-9-6-5-7-10-16/h5-13,19H,3-4,14-15H2,1-2H3,(H,23,26)/t19-/m1/s1. The van der Waals surface area contributed by atoms with E-state index in [4.69, 9.17) is 0 Å². The van der Waals surface area contributed by atoms with E-state index in [2.05, 4.69) is 21.2 Å². The normalized spacial score (nSPS) is 11.7. The minimum atomic E-state index is -0.538. The van der Waals surface area contributed by atoms with Gasteiger partial charge < -0.3 is 10.2 Å². The maximum Gasteiger partial charge on any atom is 0.243 e. The van der Waals surface area contributed by atoms with Crippen LogP contribution in [0.5, 0.6) is 0 Å². The van der Waals surface area contributed by atoms with Crippen molar-refractivity contribution in [3.8, 4) is 0 Å². The van der Waals surface area contributed by atoms with Crippen LogP contribution in [0.15, 0.2) is 59.1 Å². The Hall–Kier alpha value is -2.14. The number of hydrogen-bond donors (Lipinski definition) is 1. The third-order valence-corrected chi connectivity index (χ3v) is 4.66. The summed E-state index contributed by atoms with van der Waals surface area (Å²) in [6.45, 7) is 4.65. The maximum atomic E-state index is 12.8. The molecule has 138 valence electrons. The third-order valence-electron chi connectivity index (χ3n) is 4.17. The van der Waals surface area contributed by atoms with Crippen LogP contribution in [0, 0.1) is 0 Å². The molecule has 0 bridgehead atoms. The molecule has 0 radical (unpaired) electrons. The number of rotatable bonds is 8. The summed E-state index contributed by atoms with van der Waals surface area (Å²) in [5, 5.41) is 2.88. The number of hydrogen-bond acceptors (Lipinski definition) is 2. The van der Waals surface area contributed by atoms with Crippen LogP contribution < -0.4 is 5.32 Å². The van der Waals surface area contributed by atoms with E-state index in [-0.39, 0.29) is 11.8 Å². The molecule has 0 fully saturated rings. The number of nitrogens with zero attached hydrogens (tertiary/aromatic N) is 1. The number of nitrogens with one attached hydrogen (secondary N) is 1. The van der Waals surface area contributed by atoms with Crippen LogP contribution in [0.2, 0.25) is 0 Å². The lowest BCUT2D eigenvalue weighted by molar-refractivity contribution is -0.141. The Labute approximate surface area is 163 Å². The fourth-order valence-electron chi connectivity index (χ4n) is 2.88. The first-order valence-corrected chi connectivity index (χ1v) is 9.70. The molecule has 0 saturated carbocycles. The highest BCUT2D eigenvalue weighted by Gasteiger charge is 2.29. The smallest absolute Gasteiger partial charge is 0.243 e. The second kappa shape index (κ2) is 10.1. The molecule has 1 N–H and O–H groups in total. The molecular formula is C21H25BrN2O2. The first-order chi connectivity index (χ1) is 12.5. The molecule has 0 aromatic heterocycles. The third kappa shape index (κ3) is 5.70. The van der Waals surface area contributed by atoms with Crippen molar-refractivity contribution in [2.45, 2.75) is 39.3 Å². The van der Waals surface area contributed by atoms with Gasteiger partial charge in [0.15, 0.2) is 0 Å². The minimum absolute atomic E-state index is 0.0304. The highest BCUT2D eigenvalue weighted by atomic mass is 79.9. The van der Waals surface area contributed by atoms with Crippen molar-refractivity contribution in [3.63, 3.8) is 0 Å². The molecular weight excluding hydrogens is 392 g/mol. The van der Waals surface area contributed by atoms with E-state index in [1.165, 1.54) is 0 Å². The average molecular weight is 417 g/mol. The summed E-state index contributed by atoms with van der Waals surface area (Å²) in [4.78, 5) is 27.1. The summed E-state index contributed by atoms with van der Waals surface area (Å²) in [7, 11) is 0. The number of benzene rings is 2. The van der Waals surface area contributed by atoms with Gasteiger partial charge in [0.25, 0.3) is 0 Å². The van der Waals surface area contributed by atoms with Crippen LogP contribution in [0.4, 0.5) is 0 Å². The molecule has 2 amide bonds. The van der Waals surface area contributed by atoms with Crippen molar-refractivity contribution in [3.05, 3.63) is 70.2 Å². The van der Waals surface area contributed by atoms with Crippen LogP contribution in [0.1, 0.15) is 31.4 Å². The summed E-state index contributed by atoms with van der Waals surface area (Å²) in [6.07, 6.45) is 0.852. The summed E-state index contributed by atoms with van der Waals surface area (Å²) in [5.74, 6) is -0.148. The molecule has 2 aromatic rings. The SMILES string of the molecule is CCNC(=O)[C@@H](Cc1ccccc1)N(Cc1cccc(Br)c1)C(=O)CC. The van der Waals surface area contributed by atoms with Gasteiger partial charge in [-0.2, -0.15) is 0 Å². The summed E-state index contributed by atoms with van der Waals surface area (Å²) < 4.78 is 0.955. The van der Waals surface area contributed by atoms with Gasteiger partial charge in [-0.3, -0.25) is 9.59 Å². The molecule has 4 nitrogen and oxygen atoms in total. The van der Waals surface area contributed by atoms with Gasteiger partial charge in [0.05, 0.1) is 0 Å². The lowest BCUT2D eigenvalue weighted by Gasteiger charge is -2.31. The predicted molar refractivity (Wildman–Crippen MR) is 108 cm³/mol. The topological polar surface area (TPSA) is 49.4 Å². The summed E-state index contributed by atoms with van der Waals surface area (Å²) in [6, 6.07) is 17.1. The lowest BCUT2D eigenvalue weighted by Crippen LogP contribution is -2.50. The van der Waals surface area contributed by atoms with Crippen molar-refractivity contribution in [2.75, 3.05) is 6.54 Å². The van der Waals surface area contributed by atoms with Gasteiger partial charge in [0.1, 0.15) is 6.04 Å². The van der Waals surface area contributed by atoms with E-state index in [1.807, 2.05) is 68.4 Å². The minimum Gasteiger partial charge on any atom is -0.355 e. The first-order valence-electron chi connectivity index (χ1n) is 8.90. The summed E-state index contributed by atoms with van der Waals surface area (Å²) >= 11 is 3.47. The number of carbonyl (C=O) groups is 2. The fraction of sp³-hybridized carbons (Fsp3) is 0.333. The van der Waals surface area contributed by atoms with Crippen molar-refractivity contribution < 1.29 is 9.59 Å². The van der Waals surface area contributed by atoms with Gasteiger partial charge in [0.2, 0.25) is 11.8 Å². The van der Waals surface area contributed by atoms with Gasteiger partial charge in [-0.15, -0.1) is 0 Å². The molecule has 0 aliphatic heterocycles. The second-order valence-electron chi connectivity index (χ2n) is 6.11. The largest absolute Gasteiger partial charge is 0.355 e. The van der Waals surface area contributed by atoms with Crippen LogP contribution in [0.3, 0.4) is 0 Å². The predicted octanol–water partition coefficient (Wildman–Crippen LogP) is 3.94. The van der Waals surface area contributed by atoms with Crippen molar-refractivity contribution >= 4 is 27.7 Å². The summed E-state index contributed by atoms with van der Waals surface area (Å²) in [5.41, 5.74) is 2.02. The Morgan fingerprint density at radius 3 is 2.35 bits per heavy atom. The van der Waals surface area contributed by atoms with Crippen LogP contribution in [-0.2, 0) is 22.6 Å². The number of likely N-dealkylation sites (N-methyl/N-ethyl adjacent to an activating group) is 1. The number of amides is 2. The first kappa shape index (κ1) is 20.2. The zero-order chi connectivity index (χ0) is 18.9. The molecule has 0 spiro atoms. The van der Waals surface area contributed by atoms with E-state index in [0.29, 0.717) is 25.9 Å². The Kier molecular flexibility index (Phi) is 7.85.